The Balaban J connectivity index is 1.71. The smallest absolute Gasteiger partial charge is 0.244 e. The van der Waals surface area contributed by atoms with Crippen LogP contribution in [0.1, 0.15) is 5.56 Å². The second-order valence-electron chi connectivity index (χ2n) is 7.13. The maximum Gasteiger partial charge on any atom is 0.244 e. The van der Waals surface area contributed by atoms with Gasteiger partial charge in [-0.1, -0.05) is 35.9 Å². The predicted octanol–water partition coefficient (Wildman–Crippen LogP) is 4.70. The second kappa shape index (κ2) is 7.96. The van der Waals surface area contributed by atoms with Gasteiger partial charge in [-0.15, -0.1) is 0 Å². The number of anilines is 1. The van der Waals surface area contributed by atoms with E-state index in [1.165, 1.54) is 22.9 Å². The number of rotatable bonds is 5. The molecule has 4 rings (SSSR count). The first-order chi connectivity index (χ1) is 14.8. The molecule has 1 heterocycles. The Bertz CT molecular complexity index is 1390. The monoisotopic (exact) mass is 440 g/mol. The summed E-state index contributed by atoms with van der Waals surface area (Å²) in [5.74, 6) is -2.08. The van der Waals surface area contributed by atoms with Gasteiger partial charge in [-0.25, -0.2) is 17.2 Å². The topological polar surface area (TPSA) is 68.2 Å². The van der Waals surface area contributed by atoms with Crippen molar-refractivity contribution in [3.8, 4) is 0 Å². The Kier molecular flexibility index (Phi) is 5.32. The van der Waals surface area contributed by atoms with Crippen LogP contribution in [0.4, 0.5) is 14.5 Å². The number of amides is 1. The molecule has 158 valence electrons. The van der Waals surface area contributed by atoms with Crippen molar-refractivity contribution in [3.05, 3.63) is 90.1 Å². The van der Waals surface area contributed by atoms with Crippen LogP contribution in [0, 0.1) is 18.6 Å². The van der Waals surface area contributed by atoms with Crippen LogP contribution < -0.4 is 5.32 Å². The molecule has 1 amide bonds. The Hall–Kier alpha value is -3.52. The fourth-order valence-electron chi connectivity index (χ4n) is 3.34. The van der Waals surface area contributed by atoms with Gasteiger partial charge in [0.25, 0.3) is 0 Å². The molecular formula is C23H18F2N2O3S. The van der Waals surface area contributed by atoms with Gasteiger partial charge in [-0.2, -0.15) is 0 Å². The average Bonchev–Trinajstić information content (AvgIpc) is 3.10. The minimum atomic E-state index is -3.83. The van der Waals surface area contributed by atoms with Gasteiger partial charge >= 0.3 is 0 Å². The zero-order valence-corrected chi connectivity index (χ0v) is 17.3. The highest BCUT2D eigenvalue weighted by Crippen LogP contribution is 2.30. The quantitative estimate of drug-likeness (QED) is 0.489. The van der Waals surface area contributed by atoms with Crippen molar-refractivity contribution in [1.82, 2.24) is 4.57 Å². The van der Waals surface area contributed by atoms with Crippen molar-refractivity contribution >= 4 is 32.3 Å². The molecule has 0 bridgehead atoms. The summed E-state index contributed by atoms with van der Waals surface area (Å²) in [6, 6.07) is 16.1. The third-order valence-corrected chi connectivity index (χ3v) is 6.69. The highest BCUT2D eigenvalue weighted by molar-refractivity contribution is 7.91. The number of fused-ring (bicyclic) bond motifs is 1. The van der Waals surface area contributed by atoms with Crippen LogP contribution in [0.3, 0.4) is 0 Å². The van der Waals surface area contributed by atoms with Crippen LogP contribution in [0.25, 0.3) is 10.9 Å². The molecular weight excluding hydrogens is 422 g/mol. The number of halogens is 2. The molecule has 0 spiro atoms. The van der Waals surface area contributed by atoms with Gasteiger partial charge in [0.05, 0.1) is 15.5 Å². The maximum absolute atomic E-state index is 13.8. The number of hydrogen-bond acceptors (Lipinski definition) is 3. The van der Waals surface area contributed by atoms with E-state index in [-0.39, 0.29) is 22.0 Å². The lowest BCUT2D eigenvalue weighted by molar-refractivity contribution is -0.116. The molecule has 5 nitrogen and oxygen atoms in total. The van der Waals surface area contributed by atoms with Gasteiger partial charge in [0.15, 0.2) is 0 Å². The average molecular weight is 440 g/mol. The first-order valence-corrected chi connectivity index (χ1v) is 10.9. The standard InChI is InChI=1S/C23H18F2N2O3S/c1-15-6-9-17(10-7-15)31(29,30)22-13-27(21-5-3-2-4-18(21)22)14-23(28)26-20-12-16(24)8-11-19(20)25/h2-13H,14H2,1H3,(H,26,28). The zero-order valence-electron chi connectivity index (χ0n) is 16.5. The zero-order chi connectivity index (χ0) is 22.2. The van der Waals surface area contributed by atoms with Crippen LogP contribution >= 0.6 is 0 Å². The molecule has 0 fully saturated rings. The minimum Gasteiger partial charge on any atom is -0.337 e. The molecule has 0 aliphatic heterocycles. The molecule has 0 unspecified atom stereocenters. The van der Waals surface area contributed by atoms with Gasteiger partial charge in [-0.3, -0.25) is 4.79 Å². The first kappa shape index (κ1) is 20.7. The van der Waals surface area contributed by atoms with E-state index >= 15 is 0 Å². The van der Waals surface area contributed by atoms with Crippen LogP contribution in [0.5, 0.6) is 0 Å². The Morgan fingerprint density at radius 2 is 1.71 bits per heavy atom. The van der Waals surface area contributed by atoms with Crippen LogP contribution in [0.15, 0.2) is 82.7 Å². The number of carbonyl (C=O) groups is 1. The van der Waals surface area contributed by atoms with Crippen LogP contribution in [-0.4, -0.2) is 18.9 Å². The number of nitrogens with zero attached hydrogens (tertiary/aromatic N) is 1. The SMILES string of the molecule is Cc1ccc(S(=O)(=O)c2cn(CC(=O)Nc3cc(F)ccc3F)c3ccccc23)cc1. The summed E-state index contributed by atoms with van der Waals surface area (Å²) in [6.07, 6.45) is 1.39. The van der Waals surface area contributed by atoms with E-state index in [4.69, 9.17) is 0 Å². The van der Waals surface area contributed by atoms with Gasteiger partial charge in [0.1, 0.15) is 18.2 Å². The minimum absolute atomic E-state index is 0.0664. The van der Waals surface area contributed by atoms with E-state index in [1.807, 2.05) is 6.92 Å². The molecule has 4 aromatic rings. The van der Waals surface area contributed by atoms with Gasteiger partial charge in [0.2, 0.25) is 15.7 Å². The summed E-state index contributed by atoms with van der Waals surface area (Å²) in [4.78, 5) is 12.7. The van der Waals surface area contributed by atoms with E-state index in [2.05, 4.69) is 5.32 Å². The van der Waals surface area contributed by atoms with E-state index in [1.54, 1.807) is 36.4 Å². The van der Waals surface area contributed by atoms with Crippen molar-refractivity contribution in [2.75, 3.05) is 5.32 Å². The van der Waals surface area contributed by atoms with Crippen molar-refractivity contribution in [2.45, 2.75) is 23.3 Å². The first-order valence-electron chi connectivity index (χ1n) is 9.40. The number of aromatic nitrogens is 1. The number of sulfone groups is 1. The van der Waals surface area contributed by atoms with Gasteiger partial charge in [0, 0.05) is 23.2 Å². The van der Waals surface area contributed by atoms with Gasteiger partial charge < -0.3 is 9.88 Å². The van der Waals surface area contributed by atoms with Gasteiger partial charge in [-0.05, 0) is 37.3 Å². The molecule has 0 saturated heterocycles. The largest absolute Gasteiger partial charge is 0.337 e. The lowest BCUT2D eigenvalue weighted by Gasteiger charge is -2.08. The summed E-state index contributed by atoms with van der Waals surface area (Å²) in [5, 5.41) is 2.79. The molecule has 8 heteroatoms. The van der Waals surface area contributed by atoms with Crippen molar-refractivity contribution in [1.29, 1.82) is 0 Å². The van der Waals surface area contributed by atoms with E-state index in [0.29, 0.717) is 10.9 Å². The number of aryl methyl sites for hydroxylation is 1. The molecule has 31 heavy (non-hydrogen) atoms. The Labute approximate surface area is 177 Å². The van der Waals surface area contributed by atoms with Crippen molar-refractivity contribution in [3.63, 3.8) is 0 Å². The Morgan fingerprint density at radius 3 is 2.45 bits per heavy atom. The Morgan fingerprint density at radius 1 is 1.00 bits per heavy atom. The number of nitrogens with one attached hydrogen (secondary N) is 1. The summed E-state index contributed by atoms with van der Waals surface area (Å²) >= 11 is 0. The molecule has 0 atom stereocenters. The van der Waals surface area contributed by atoms with Crippen LogP contribution in [0.2, 0.25) is 0 Å². The van der Waals surface area contributed by atoms with Crippen molar-refractivity contribution in [2.24, 2.45) is 0 Å². The second-order valence-corrected chi connectivity index (χ2v) is 9.05. The lowest BCUT2D eigenvalue weighted by Crippen LogP contribution is -2.19. The number of para-hydroxylation sites is 1. The van der Waals surface area contributed by atoms with E-state index in [9.17, 15) is 22.0 Å². The molecule has 0 aliphatic carbocycles. The van der Waals surface area contributed by atoms with E-state index < -0.39 is 27.4 Å². The van der Waals surface area contributed by atoms with Crippen LogP contribution in [-0.2, 0) is 21.2 Å². The number of hydrogen-bond donors (Lipinski definition) is 1. The molecule has 3 aromatic carbocycles. The fraction of sp³-hybridized carbons (Fsp3) is 0.0870. The highest BCUT2D eigenvalue weighted by atomic mass is 32.2. The summed E-state index contributed by atoms with van der Waals surface area (Å²) in [6.45, 7) is 1.59. The predicted molar refractivity (Wildman–Crippen MR) is 114 cm³/mol. The summed E-state index contributed by atoms with van der Waals surface area (Å²) in [7, 11) is -3.83. The summed E-state index contributed by atoms with van der Waals surface area (Å²) in [5.41, 5.74) is 1.18. The maximum atomic E-state index is 13.8. The number of benzene rings is 3. The molecule has 0 saturated carbocycles. The lowest BCUT2D eigenvalue weighted by atomic mass is 10.2. The molecule has 1 aromatic heterocycles. The highest BCUT2D eigenvalue weighted by Gasteiger charge is 2.24. The van der Waals surface area contributed by atoms with Crippen molar-refractivity contribution < 1.29 is 22.0 Å². The summed E-state index contributed by atoms with van der Waals surface area (Å²) < 4.78 is 55.1. The molecule has 0 aliphatic rings. The molecule has 1 N–H and O–H groups in total. The van der Waals surface area contributed by atoms with E-state index in [0.717, 1.165) is 23.8 Å². The molecule has 0 radical (unpaired) electrons. The number of carbonyl (C=O) groups excluding carboxylic acids is 1. The normalized spacial score (nSPS) is 11.6. The fourth-order valence-corrected chi connectivity index (χ4v) is 4.82. The third kappa shape index (κ3) is 4.06. The third-order valence-electron chi connectivity index (χ3n) is 4.89.